The first-order valence-electron chi connectivity index (χ1n) is 6.32. The van der Waals surface area contributed by atoms with Crippen molar-refractivity contribution in [3.63, 3.8) is 0 Å². The second-order valence-corrected chi connectivity index (χ2v) is 6.00. The fraction of sp³-hybridized carbons (Fsp3) is 0.250. The molecular weight excluding hydrogens is 274 g/mol. The Morgan fingerprint density at radius 1 is 1.16 bits per heavy atom. The van der Waals surface area contributed by atoms with Crippen molar-refractivity contribution in [3.05, 3.63) is 64.7 Å². The normalized spacial score (nSPS) is 12.4. The van der Waals surface area contributed by atoms with Crippen LogP contribution in [-0.2, 0) is 0 Å². The van der Waals surface area contributed by atoms with E-state index in [2.05, 4.69) is 42.6 Å². The molecule has 1 N–H and O–H groups in total. The van der Waals surface area contributed by atoms with E-state index in [9.17, 15) is 0 Å². The lowest BCUT2D eigenvalue weighted by atomic mass is 10.0. The molecule has 3 heteroatoms. The summed E-state index contributed by atoms with van der Waals surface area (Å²) >= 11 is 7.83. The number of benzene rings is 2. The van der Waals surface area contributed by atoms with Crippen molar-refractivity contribution in [1.29, 1.82) is 0 Å². The fourth-order valence-electron chi connectivity index (χ4n) is 2.04. The van der Waals surface area contributed by atoms with Crippen LogP contribution in [0.5, 0.6) is 0 Å². The minimum atomic E-state index is 0.352. The van der Waals surface area contributed by atoms with Crippen molar-refractivity contribution in [2.24, 2.45) is 0 Å². The molecule has 0 aliphatic carbocycles. The number of halogens is 1. The molecule has 0 fully saturated rings. The second kappa shape index (κ2) is 6.99. The summed E-state index contributed by atoms with van der Waals surface area (Å²) in [5.74, 6) is 0.988. The van der Waals surface area contributed by atoms with Gasteiger partial charge in [-0.15, -0.1) is 11.8 Å². The molecule has 0 spiro atoms. The molecule has 1 atom stereocenters. The van der Waals surface area contributed by atoms with Gasteiger partial charge in [0, 0.05) is 21.7 Å². The average molecular weight is 292 g/mol. The lowest BCUT2D eigenvalue weighted by Gasteiger charge is -2.18. The molecule has 1 nitrogen and oxygen atoms in total. The predicted molar refractivity (Wildman–Crippen MR) is 85.2 cm³/mol. The van der Waals surface area contributed by atoms with E-state index in [-0.39, 0.29) is 0 Å². The van der Waals surface area contributed by atoms with E-state index in [0.717, 1.165) is 10.8 Å². The first-order chi connectivity index (χ1) is 9.20. The summed E-state index contributed by atoms with van der Waals surface area (Å²) < 4.78 is 0. The summed E-state index contributed by atoms with van der Waals surface area (Å²) in [5, 5.41) is 4.18. The highest BCUT2D eigenvalue weighted by atomic mass is 35.5. The minimum Gasteiger partial charge on any atom is -0.312 e. The molecule has 100 valence electrons. The van der Waals surface area contributed by atoms with Crippen LogP contribution in [0.3, 0.4) is 0 Å². The van der Waals surface area contributed by atoms with Gasteiger partial charge >= 0.3 is 0 Å². The first kappa shape index (κ1) is 14.4. The largest absolute Gasteiger partial charge is 0.312 e. The van der Waals surface area contributed by atoms with Gasteiger partial charge in [-0.2, -0.15) is 0 Å². The van der Waals surface area contributed by atoms with Crippen LogP contribution in [0.1, 0.15) is 17.2 Å². The number of aryl methyl sites for hydroxylation is 1. The van der Waals surface area contributed by atoms with Gasteiger partial charge in [0.05, 0.1) is 0 Å². The van der Waals surface area contributed by atoms with Crippen LogP contribution in [0.15, 0.2) is 53.4 Å². The van der Waals surface area contributed by atoms with Crippen LogP contribution in [-0.4, -0.2) is 12.8 Å². The molecule has 1 unspecified atom stereocenters. The Bertz CT molecular complexity index is 542. The summed E-state index contributed by atoms with van der Waals surface area (Å²) in [6.45, 7) is 2.16. The first-order valence-corrected chi connectivity index (χ1v) is 7.68. The Balaban J connectivity index is 2.06. The van der Waals surface area contributed by atoms with Crippen molar-refractivity contribution in [2.75, 3.05) is 12.8 Å². The molecule has 19 heavy (non-hydrogen) atoms. The van der Waals surface area contributed by atoms with Gasteiger partial charge in [-0.1, -0.05) is 41.9 Å². The summed E-state index contributed by atoms with van der Waals surface area (Å²) in [4.78, 5) is 1.21. The lowest BCUT2D eigenvalue weighted by molar-refractivity contribution is 0.658. The van der Waals surface area contributed by atoms with Crippen LogP contribution < -0.4 is 5.32 Å². The molecule has 0 radical (unpaired) electrons. The zero-order valence-corrected chi connectivity index (χ0v) is 12.8. The maximum Gasteiger partial charge on any atom is 0.0417 e. The SMILES string of the molecule is CNC(CSc1cccc(Cl)c1)c1ccccc1C. The molecule has 0 saturated carbocycles. The Kier molecular flexibility index (Phi) is 5.32. The Labute approximate surface area is 124 Å². The molecule has 0 heterocycles. The topological polar surface area (TPSA) is 12.0 Å². The number of nitrogens with one attached hydrogen (secondary N) is 1. The number of thioether (sulfide) groups is 1. The summed E-state index contributed by atoms with van der Waals surface area (Å²) in [7, 11) is 2.01. The Morgan fingerprint density at radius 3 is 2.63 bits per heavy atom. The predicted octanol–water partition coefficient (Wildman–Crippen LogP) is 4.70. The van der Waals surface area contributed by atoms with Crippen LogP contribution in [0.25, 0.3) is 0 Å². The molecule has 2 aromatic carbocycles. The van der Waals surface area contributed by atoms with Gasteiger partial charge in [0.1, 0.15) is 0 Å². The average Bonchev–Trinajstić information content (AvgIpc) is 2.41. The third-order valence-corrected chi connectivity index (χ3v) is 4.45. The highest BCUT2D eigenvalue weighted by Gasteiger charge is 2.11. The Morgan fingerprint density at radius 2 is 1.95 bits per heavy atom. The van der Waals surface area contributed by atoms with Crippen molar-refractivity contribution < 1.29 is 0 Å². The number of hydrogen-bond acceptors (Lipinski definition) is 2. The van der Waals surface area contributed by atoms with Gasteiger partial charge in [-0.05, 0) is 43.3 Å². The zero-order valence-electron chi connectivity index (χ0n) is 11.2. The van der Waals surface area contributed by atoms with E-state index in [1.807, 2.05) is 37.0 Å². The van der Waals surface area contributed by atoms with Gasteiger partial charge in [0.25, 0.3) is 0 Å². The second-order valence-electron chi connectivity index (χ2n) is 4.47. The summed E-state index contributed by atoms with van der Waals surface area (Å²) in [6.07, 6.45) is 0. The van der Waals surface area contributed by atoms with Gasteiger partial charge in [-0.3, -0.25) is 0 Å². The molecular formula is C16H18ClNS. The van der Waals surface area contributed by atoms with Gasteiger partial charge < -0.3 is 5.32 Å². The van der Waals surface area contributed by atoms with Gasteiger partial charge in [0.15, 0.2) is 0 Å². The molecule has 2 rings (SSSR count). The molecule has 0 saturated heterocycles. The van der Waals surface area contributed by atoms with Gasteiger partial charge in [0.2, 0.25) is 0 Å². The number of rotatable bonds is 5. The van der Waals surface area contributed by atoms with Crippen LogP contribution in [0, 0.1) is 6.92 Å². The maximum atomic E-state index is 6.01. The molecule has 0 bridgehead atoms. The van der Waals surface area contributed by atoms with Crippen molar-refractivity contribution in [2.45, 2.75) is 17.9 Å². The quantitative estimate of drug-likeness (QED) is 0.801. The van der Waals surface area contributed by atoms with E-state index in [4.69, 9.17) is 11.6 Å². The van der Waals surface area contributed by atoms with E-state index in [1.165, 1.54) is 16.0 Å². The fourth-order valence-corrected chi connectivity index (χ4v) is 3.39. The standard InChI is InChI=1S/C16H18ClNS/c1-12-6-3-4-9-15(12)16(18-2)11-19-14-8-5-7-13(17)10-14/h3-10,16,18H,11H2,1-2H3. The van der Waals surface area contributed by atoms with E-state index < -0.39 is 0 Å². The molecule has 2 aromatic rings. The van der Waals surface area contributed by atoms with Gasteiger partial charge in [-0.25, -0.2) is 0 Å². The van der Waals surface area contributed by atoms with E-state index in [1.54, 1.807) is 0 Å². The third kappa shape index (κ3) is 4.00. The lowest BCUT2D eigenvalue weighted by Crippen LogP contribution is -2.19. The highest BCUT2D eigenvalue weighted by molar-refractivity contribution is 7.99. The maximum absolute atomic E-state index is 6.01. The summed E-state index contributed by atoms with van der Waals surface area (Å²) in [6, 6.07) is 16.9. The van der Waals surface area contributed by atoms with E-state index in [0.29, 0.717) is 6.04 Å². The Hall–Kier alpha value is -0.960. The van der Waals surface area contributed by atoms with Crippen LogP contribution in [0.4, 0.5) is 0 Å². The smallest absolute Gasteiger partial charge is 0.0417 e. The zero-order chi connectivity index (χ0) is 13.7. The highest BCUT2D eigenvalue weighted by Crippen LogP contribution is 2.27. The van der Waals surface area contributed by atoms with Crippen LogP contribution in [0.2, 0.25) is 5.02 Å². The molecule has 0 amide bonds. The summed E-state index contributed by atoms with van der Waals surface area (Å²) in [5.41, 5.74) is 2.69. The van der Waals surface area contributed by atoms with Crippen LogP contribution >= 0.6 is 23.4 Å². The van der Waals surface area contributed by atoms with Crippen molar-refractivity contribution in [3.8, 4) is 0 Å². The minimum absolute atomic E-state index is 0.352. The molecule has 0 aliphatic rings. The molecule has 0 aliphatic heterocycles. The monoisotopic (exact) mass is 291 g/mol. The van der Waals surface area contributed by atoms with E-state index >= 15 is 0 Å². The van der Waals surface area contributed by atoms with Crippen molar-refractivity contribution >= 4 is 23.4 Å². The van der Waals surface area contributed by atoms with Crippen molar-refractivity contribution in [1.82, 2.24) is 5.32 Å². The third-order valence-electron chi connectivity index (χ3n) is 3.13. The number of hydrogen-bond donors (Lipinski definition) is 1. The molecule has 0 aromatic heterocycles.